The lowest BCUT2D eigenvalue weighted by Crippen LogP contribution is -2.30. The third kappa shape index (κ3) is 2.99. The molecule has 1 amide bonds. The third-order valence-corrected chi connectivity index (χ3v) is 3.40. The predicted octanol–water partition coefficient (Wildman–Crippen LogP) is 1.37. The van der Waals surface area contributed by atoms with Crippen LogP contribution in [-0.2, 0) is 9.53 Å². The highest BCUT2D eigenvalue weighted by Crippen LogP contribution is 2.22. The van der Waals surface area contributed by atoms with Gasteiger partial charge in [-0.25, -0.2) is 4.39 Å². The predicted molar refractivity (Wildman–Crippen MR) is 69.1 cm³/mol. The summed E-state index contributed by atoms with van der Waals surface area (Å²) in [5.74, 6) is -2.36. The highest BCUT2D eigenvalue weighted by Gasteiger charge is 2.33. The number of likely N-dealkylation sites (tertiary alicyclic amines) is 1. The fourth-order valence-corrected chi connectivity index (χ4v) is 2.27. The summed E-state index contributed by atoms with van der Waals surface area (Å²) in [5.41, 5.74) is -0.663. The number of nitro benzene ring substituents is 1. The van der Waals surface area contributed by atoms with E-state index >= 15 is 0 Å². The first-order valence-corrected chi connectivity index (χ1v) is 6.25. The van der Waals surface area contributed by atoms with Gasteiger partial charge in [-0.3, -0.25) is 19.7 Å². The molecule has 21 heavy (non-hydrogen) atoms. The first-order chi connectivity index (χ1) is 9.93. The van der Waals surface area contributed by atoms with Gasteiger partial charge in [0.05, 0.1) is 29.6 Å². The van der Waals surface area contributed by atoms with Crippen LogP contribution in [-0.4, -0.2) is 41.9 Å². The zero-order valence-corrected chi connectivity index (χ0v) is 11.2. The number of carbonyl (C=O) groups is 2. The van der Waals surface area contributed by atoms with Crippen molar-refractivity contribution in [2.45, 2.75) is 6.42 Å². The Bertz CT molecular complexity index is 604. The molecule has 0 bridgehead atoms. The number of non-ortho nitro benzene ring substituents is 1. The van der Waals surface area contributed by atoms with E-state index in [1.165, 1.54) is 12.0 Å². The van der Waals surface area contributed by atoms with Crippen LogP contribution in [0.4, 0.5) is 10.1 Å². The van der Waals surface area contributed by atoms with E-state index in [9.17, 15) is 24.1 Å². The molecule has 1 aromatic carbocycles. The van der Waals surface area contributed by atoms with Crippen molar-refractivity contribution >= 4 is 17.6 Å². The number of methoxy groups -OCH3 is 1. The van der Waals surface area contributed by atoms with Crippen LogP contribution in [0.5, 0.6) is 0 Å². The fraction of sp³-hybridized carbons (Fsp3) is 0.385. The van der Waals surface area contributed by atoms with Gasteiger partial charge in [0.25, 0.3) is 11.6 Å². The summed E-state index contributed by atoms with van der Waals surface area (Å²) in [6.45, 7) is 0.469. The maximum Gasteiger partial charge on any atom is 0.310 e. The minimum absolute atomic E-state index is 0.155. The Morgan fingerprint density at radius 2 is 2.19 bits per heavy atom. The highest BCUT2D eigenvalue weighted by atomic mass is 19.1. The van der Waals surface area contributed by atoms with Gasteiger partial charge in [0.2, 0.25) is 0 Å². The number of benzene rings is 1. The second-order valence-corrected chi connectivity index (χ2v) is 4.68. The Hall–Kier alpha value is -2.51. The van der Waals surface area contributed by atoms with Crippen molar-refractivity contribution < 1.29 is 23.6 Å². The Morgan fingerprint density at radius 3 is 2.76 bits per heavy atom. The van der Waals surface area contributed by atoms with Crippen molar-refractivity contribution in [3.63, 3.8) is 0 Å². The van der Waals surface area contributed by atoms with Crippen LogP contribution >= 0.6 is 0 Å². The molecule has 0 saturated carbocycles. The average Bonchev–Trinajstić information content (AvgIpc) is 2.95. The lowest BCUT2D eigenvalue weighted by molar-refractivity contribution is -0.385. The number of hydrogen-bond donors (Lipinski definition) is 0. The molecule has 0 N–H and O–H groups in total. The minimum Gasteiger partial charge on any atom is -0.469 e. The van der Waals surface area contributed by atoms with Crippen LogP contribution in [0.1, 0.15) is 16.8 Å². The molecule has 1 atom stereocenters. The molecule has 112 valence electrons. The van der Waals surface area contributed by atoms with Gasteiger partial charge in [-0.15, -0.1) is 0 Å². The van der Waals surface area contributed by atoms with E-state index in [1.807, 2.05) is 0 Å². The number of ether oxygens (including phenoxy) is 1. The van der Waals surface area contributed by atoms with Crippen molar-refractivity contribution in [2.24, 2.45) is 5.92 Å². The number of nitrogens with zero attached hydrogens (tertiary/aromatic N) is 2. The summed E-state index contributed by atoms with van der Waals surface area (Å²) in [7, 11) is 1.27. The molecule has 1 aliphatic heterocycles. The Morgan fingerprint density at radius 1 is 1.48 bits per heavy atom. The number of halogens is 1. The van der Waals surface area contributed by atoms with Gasteiger partial charge < -0.3 is 9.64 Å². The second kappa shape index (κ2) is 5.86. The molecule has 1 unspecified atom stereocenters. The second-order valence-electron chi connectivity index (χ2n) is 4.68. The minimum atomic E-state index is -0.948. The SMILES string of the molecule is COC(=O)C1CCN(C(=O)c2ccc([N+](=O)[O-])cc2F)C1. The molecule has 0 aromatic heterocycles. The molecule has 7 nitrogen and oxygen atoms in total. The quantitative estimate of drug-likeness (QED) is 0.477. The van der Waals surface area contributed by atoms with Crippen molar-refractivity contribution in [2.75, 3.05) is 20.2 Å². The largest absolute Gasteiger partial charge is 0.469 e. The van der Waals surface area contributed by atoms with Crippen LogP contribution in [0.2, 0.25) is 0 Å². The Kier molecular flexibility index (Phi) is 4.15. The summed E-state index contributed by atoms with van der Waals surface area (Å²) in [4.78, 5) is 34.7. The number of esters is 1. The van der Waals surface area contributed by atoms with E-state index in [2.05, 4.69) is 4.74 Å². The highest BCUT2D eigenvalue weighted by molar-refractivity contribution is 5.95. The van der Waals surface area contributed by atoms with Crippen LogP contribution in [0.25, 0.3) is 0 Å². The van der Waals surface area contributed by atoms with E-state index in [0.29, 0.717) is 19.0 Å². The maximum atomic E-state index is 13.8. The third-order valence-electron chi connectivity index (χ3n) is 3.40. The average molecular weight is 296 g/mol. The van der Waals surface area contributed by atoms with E-state index in [-0.39, 0.29) is 12.1 Å². The molecular weight excluding hydrogens is 283 g/mol. The zero-order valence-electron chi connectivity index (χ0n) is 11.2. The summed E-state index contributed by atoms with van der Waals surface area (Å²) >= 11 is 0. The lowest BCUT2D eigenvalue weighted by atomic mass is 10.1. The maximum absolute atomic E-state index is 13.8. The summed E-state index contributed by atoms with van der Waals surface area (Å²) in [6.07, 6.45) is 0.451. The van der Waals surface area contributed by atoms with E-state index in [1.54, 1.807) is 0 Å². The number of amides is 1. The molecule has 1 fully saturated rings. The standard InChI is InChI=1S/C13H13FN2O5/c1-21-13(18)8-4-5-15(7-8)12(17)10-3-2-9(16(19)20)6-11(10)14/h2-3,6,8H,4-5,7H2,1H3. The molecule has 0 aliphatic carbocycles. The molecule has 1 heterocycles. The van der Waals surface area contributed by atoms with E-state index in [4.69, 9.17) is 0 Å². The molecule has 1 aliphatic rings. The van der Waals surface area contributed by atoms with Gasteiger partial charge in [-0.2, -0.15) is 0 Å². The molecule has 0 spiro atoms. The molecule has 0 radical (unpaired) electrons. The van der Waals surface area contributed by atoms with Crippen LogP contribution in [0.3, 0.4) is 0 Å². The summed E-state index contributed by atoms with van der Waals surface area (Å²) in [5, 5.41) is 10.5. The van der Waals surface area contributed by atoms with Crippen LogP contribution < -0.4 is 0 Å². The molecule has 2 rings (SSSR count). The Labute approximate surface area is 119 Å². The zero-order chi connectivity index (χ0) is 15.6. The number of hydrogen-bond acceptors (Lipinski definition) is 5. The Balaban J connectivity index is 2.14. The van der Waals surface area contributed by atoms with Gasteiger partial charge in [-0.05, 0) is 12.5 Å². The fourth-order valence-electron chi connectivity index (χ4n) is 2.27. The van der Waals surface area contributed by atoms with Gasteiger partial charge in [0, 0.05) is 19.2 Å². The van der Waals surface area contributed by atoms with Crippen molar-refractivity contribution in [3.8, 4) is 0 Å². The smallest absolute Gasteiger partial charge is 0.310 e. The monoisotopic (exact) mass is 296 g/mol. The topological polar surface area (TPSA) is 89.8 Å². The lowest BCUT2D eigenvalue weighted by Gasteiger charge is -2.16. The van der Waals surface area contributed by atoms with Gasteiger partial charge >= 0.3 is 5.97 Å². The molecular formula is C13H13FN2O5. The normalized spacial score (nSPS) is 17.6. The van der Waals surface area contributed by atoms with Gasteiger partial charge in [0.1, 0.15) is 5.82 Å². The first-order valence-electron chi connectivity index (χ1n) is 6.25. The summed E-state index contributed by atoms with van der Waals surface area (Å²) in [6, 6.07) is 2.87. The van der Waals surface area contributed by atoms with Crippen molar-refractivity contribution in [1.82, 2.24) is 4.90 Å². The van der Waals surface area contributed by atoms with Crippen LogP contribution in [0, 0.1) is 21.8 Å². The number of carbonyl (C=O) groups excluding carboxylic acids is 2. The number of rotatable bonds is 3. The van der Waals surface area contributed by atoms with Gasteiger partial charge in [0.15, 0.2) is 0 Å². The first kappa shape index (κ1) is 14.9. The number of nitro groups is 1. The summed E-state index contributed by atoms with van der Waals surface area (Å²) < 4.78 is 18.4. The van der Waals surface area contributed by atoms with Crippen LogP contribution in [0.15, 0.2) is 18.2 Å². The molecule has 8 heteroatoms. The van der Waals surface area contributed by atoms with E-state index < -0.39 is 34.2 Å². The molecule has 1 saturated heterocycles. The van der Waals surface area contributed by atoms with Crippen molar-refractivity contribution in [1.29, 1.82) is 0 Å². The molecule has 1 aromatic rings. The van der Waals surface area contributed by atoms with E-state index in [0.717, 1.165) is 12.1 Å². The van der Waals surface area contributed by atoms with Crippen molar-refractivity contribution in [3.05, 3.63) is 39.7 Å². The van der Waals surface area contributed by atoms with Gasteiger partial charge in [-0.1, -0.05) is 0 Å².